The van der Waals surface area contributed by atoms with E-state index >= 15 is 0 Å². The van der Waals surface area contributed by atoms with E-state index in [1.807, 2.05) is 30.3 Å². The van der Waals surface area contributed by atoms with Crippen molar-refractivity contribution in [2.45, 2.75) is 4.90 Å². The Morgan fingerprint density at radius 1 is 1.09 bits per heavy atom. The third kappa shape index (κ3) is 2.29. The van der Waals surface area contributed by atoms with E-state index in [1.165, 1.54) is 17.3 Å². The smallest absolute Gasteiger partial charge is 0.263 e. The van der Waals surface area contributed by atoms with Gasteiger partial charge >= 0.3 is 0 Å². The second kappa shape index (κ2) is 5.51. The number of carbonyl (C=O) groups excluding carboxylic acids is 2. The number of imide groups is 1. The highest BCUT2D eigenvalue weighted by Crippen LogP contribution is 2.28. The number of benzene rings is 1. The second-order valence-corrected chi connectivity index (χ2v) is 6.27. The lowest BCUT2D eigenvalue weighted by atomic mass is 10.1. The number of aromatic amines is 1. The van der Waals surface area contributed by atoms with Gasteiger partial charge in [-0.15, -0.1) is 11.8 Å². The zero-order valence-electron chi connectivity index (χ0n) is 12.0. The monoisotopic (exact) mass is 324 g/mol. The minimum absolute atomic E-state index is 0.271. The Balaban J connectivity index is 1.54. The number of hydrogen-bond donors (Lipinski definition) is 1. The number of rotatable bonds is 4. The molecule has 2 aromatic heterocycles. The second-order valence-electron chi connectivity index (χ2n) is 5.10. The summed E-state index contributed by atoms with van der Waals surface area (Å²) in [4.78, 5) is 31.6. The lowest BCUT2D eigenvalue weighted by molar-refractivity contribution is 0.0665. The molecule has 7 heteroatoms. The van der Waals surface area contributed by atoms with Crippen molar-refractivity contribution in [2.75, 3.05) is 12.3 Å². The average molecular weight is 324 g/mol. The number of H-pyrrole nitrogens is 1. The van der Waals surface area contributed by atoms with Crippen LogP contribution in [0.4, 0.5) is 0 Å². The van der Waals surface area contributed by atoms with Crippen molar-refractivity contribution in [1.82, 2.24) is 20.1 Å². The molecule has 0 atom stereocenters. The summed E-state index contributed by atoms with van der Waals surface area (Å²) < 4.78 is 0. The van der Waals surface area contributed by atoms with Crippen LogP contribution in [0, 0.1) is 0 Å². The van der Waals surface area contributed by atoms with Crippen LogP contribution in [-0.4, -0.2) is 44.2 Å². The summed E-state index contributed by atoms with van der Waals surface area (Å²) in [5, 5.41) is 7.20. The molecular weight excluding hydrogens is 312 g/mol. The Morgan fingerprint density at radius 3 is 2.74 bits per heavy atom. The Labute approximate surface area is 135 Å². The standard InChI is InChI=1S/C16H12N4O2S/c21-15-12-8-17-14-11(9-18-19-14)13(12)16(22)20(15)6-7-23-10-4-2-1-3-5-10/h1-5,8-9H,6-7H2,(H,17,18,19). The summed E-state index contributed by atoms with van der Waals surface area (Å²) in [6.45, 7) is 0.366. The molecule has 1 aliphatic rings. The van der Waals surface area contributed by atoms with E-state index in [0.29, 0.717) is 34.5 Å². The number of hydrogen-bond acceptors (Lipinski definition) is 5. The molecule has 0 unspecified atom stereocenters. The molecule has 0 saturated carbocycles. The van der Waals surface area contributed by atoms with Gasteiger partial charge in [-0.1, -0.05) is 18.2 Å². The van der Waals surface area contributed by atoms with Crippen LogP contribution in [0.25, 0.3) is 11.0 Å². The van der Waals surface area contributed by atoms with Crippen LogP contribution >= 0.6 is 11.8 Å². The van der Waals surface area contributed by atoms with Crippen LogP contribution in [0.1, 0.15) is 20.7 Å². The summed E-state index contributed by atoms with van der Waals surface area (Å²) in [6, 6.07) is 9.90. The molecule has 0 aliphatic carbocycles. The number of amides is 2. The van der Waals surface area contributed by atoms with Gasteiger partial charge in [0.25, 0.3) is 11.8 Å². The Hall–Kier alpha value is -2.67. The summed E-state index contributed by atoms with van der Waals surface area (Å²) in [7, 11) is 0. The maximum absolute atomic E-state index is 12.6. The molecule has 0 saturated heterocycles. The van der Waals surface area contributed by atoms with Crippen molar-refractivity contribution in [3.05, 3.63) is 53.9 Å². The van der Waals surface area contributed by atoms with Crippen LogP contribution < -0.4 is 0 Å². The highest BCUT2D eigenvalue weighted by Gasteiger charge is 2.37. The van der Waals surface area contributed by atoms with Crippen molar-refractivity contribution in [1.29, 1.82) is 0 Å². The van der Waals surface area contributed by atoms with Gasteiger partial charge in [-0.2, -0.15) is 5.10 Å². The molecule has 23 heavy (non-hydrogen) atoms. The maximum Gasteiger partial charge on any atom is 0.263 e. The molecule has 0 radical (unpaired) electrons. The van der Waals surface area contributed by atoms with Crippen LogP contribution in [0.5, 0.6) is 0 Å². The van der Waals surface area contributed by atoms with Gasteiger partial charge in [0.05, 0.1) is 22.7 Å². The number of fused-ring (bicyclic) bond motifs is 3. The number of carbonyl (C=O) groups is 2. The van der Waals surface area contributed by atoms with Crippen LogP contribution in [0.2, 0.25) is 0 Å². The Morgan fingerprint density at radius 2 is 1.91 bits per heavy atom. The fourth-order valence-corrected chi connectivity index (χ4v) is 3.50. The number of pyridine rings is 1. The number of nitrogens with one attached hydrogen (secondary N) is 1. The highest BCUT2D eigenvalue weighted by atomic mass is 32.2. The van der Waals surface area contributed by atoms with E-state index in [2.05, 4.69) is 15.2 Å². The molecule has 1 N–H and O–H groups in total. The van der Waals surface area contributed by atoms with Gasteiger partial charge in [0.1, 0.15) is 0 Å². The molecule has 0 spiro atoms. The lowest BCUT2D eigenvalue weighted by Gasteiger charge is -2.13. The van der Waals surface area contributed by atoms with E-state index in [-0.39, 0.29) is 11.8 Å². The first-order chi connectivity index (χ1) is 11.3. The van der Waals surface area contributed by atoms with Crippen molar-refractivity contribution in [3.8, 4) is 0 Å². The van der Waals surface area contributed by atoms with Crippen LogP contribution in [0.15, 0.2) is 47.6 Å². The van der Waals surface area contributed by atoms with E-state index in [0.717, 1.165) is 4.90 Å². The number of thioether (sulfide) groups is 1. The van der Waals surface area contributed by atoms with E-state index in [4.69, 9.17) is 0 Å². The fourth-order valence-electron chi connectivity index (χ4n) is 2.64. The minimum Gasteiger partial charge on any atom is -0.273 e. The van der Waals surface area contributed by atoms with Crippen molar-refractivity contribution < 1.29 is 9.59 Å². The minimum atomic E-state index is -0.283. The quantitative estimate of drug-likeness (QED) is 0.589. The zero-order valence-corrected chi connectivity index (χ0v) is 12.8. The third-order valence-electron chi connectivity index (χ3n) is 3.74. The molecule has 6 nitrogen and oxygen atoms in total. The summed E-state index contributed by atoms with van der Waals surface area (Å²) in [5.41, 5.74) is 1.28. The largest absolute Gasteiger partial charge is 0.273 e. The van der Waals surface area contributed by atoms with E-state index in [9.17, 15) is 9.59 Å². The molecule has 4 rings (SSSR count). The van der Waals surface area contributed by atoms with Gasteiger partial charge < -0.3 is 0 Å². The average Bonchev–Trinajstić information content (AvgIpc) is 3.14. The van der Waals surface area contributed by atoms with Crippen molar-refractivity contribution in [3.63, 3.8) is 0 Å². The van der Waals surface area contributed by atoms with Gasteiger partial charge in [-0.3, -0.25) is 19.6 Å². The predicted molar refractivity (Wildman–Crippen MR) is 86.4 cm³/mol. The van der Waals surface area contributed by atoms with Gasteiger partial charge in [-0.05, 0) is 12.1 Å². The topological polar surface area (TPSA) is 79.0 Å². The van der Waals surface area contributed by atoms with Crippen molar-refractivity contribution in [2.24, 2.45) is 0 Å². The maximum atomic E-state index is 12.6. The first-order valence-corrected chi connectivity index (χ1v) is 8.10. The Kier molecular flexibility index (Phi) is 3.34. The van der Waals surface area contributed by atoms with Crippen molar-refractivity contribution >= 4 is 34.6 Å². The third-order valence-corrected chi connectivity index (χ3v) is 4.73. The summed E-state index contributed by atoms with van der Waals surface area (Å²) in [6.07, 6.45) is 2.98. The molecule has 1 aromatic carbocycles. The van der Waals surface area contributed by atoms with Gasteiger partial charge in [0, 0.05) is 23.4 Å². The first kappa shape index (κ1) is 14.0. The van der Waals surface area contributed by atoms with E-state index in [1.54, 1.807) is 11.8 Å². The highest BCUT2D eigenvalue weighted by molar-refractivity contribution is 7.99. The number of aromatic nitrogens is 3. The predicted octanol–water partition coefficient (Wildman–Crippen LogP) is 2.35. The molecule has 0 fully saturated rings. The molecule has 3 heterocycles. The molecule has 0 bridgehead atoms. The van der Waals surface area contributed by atoms with E-state index < -0.39 is 0 Å². The fraction of sp³-hybridized carbons (Fsp3) is 0.125. The normalized spacial score (nSPS) is 13.8. The molecule has 1 aliphatic heterocycles. The zero-order chi connectivity index (χ0) is 15.8. The molecule has 2 amide bonds. The van der Waals surface area contributed by atoms with Crippen LogP contribution in [0.3, 0.4) is 0 Å². The van der Waals surface area contributed by atoms with Gasteiger partial charge in [-0.25, -0.2) is 4.98 Å². The molecule has 3 aromatic rings. The number of nitrogens with zero attached hydrogens (tertiary/aromatic N) is 3. The first-order valence-electron chi connectivity index (χ1n) is 7.12. The summed E-state index contributed by atoms with van der Waals surface area (Å²) >= 11 is 1.62. The summed E-state index contributed by atoms with van der Waals surface area (Å²) in [5.74, 6) is 0.0963. The van der Waals surface area contributed by atoms with Gasteiger partial charge in [0.15, 0.2) is 5.65 Å². The lowest BCUT2D eigenvalue weighted by Crippen LogP contribution is -2.31. The van der Waals surface area contributed by atoms with Crippen LogP contribution in [-0.2, 0) is 0 Å². The molecular formula is C16H12N4O2S. The SMILES string of the molecule is O=C1c2cnc3[nH]ncc3c2C(=O)N1CCSc1ccccc1. The molecule has 114 valence electrons. The van der Waals surface area contributed by atoms with Gasteiger partial charge in [0.2, 0.25) is 0 Å². The Bertz CT molecular complexity index is 907.